The third-order valence-corrected chi connectivity index (χ3v) is 2.44. The molecule has 0 aromatic carbocycles. The van der Waals surface area contributed by atoms with Gasteiger partial charge in [-0.15, -0.1) is 0 Å². The second-order valence-electron chi connectivity index (χ2n) is 3.65. The van der Waals surface area contributed by atoms with Crippen LogP contribution in [0, 0.1) is 0 Å². The van der Waals surface area contributed by atoms with Crippen LogP contribution in [0.3, 0.4) is 0 Å². The van der Waals surface area contributed by atoms with Gasteiger partial charge in [-0.1, -0.05) is 6.07 Å². The molecule has 6 nitrogen and oxygen atoms in total. The molecule has 1 aromatic rings. The summed E-state index contributed by atoms with van der Waals surface area (Å²) in [4.78, 5) is 26.7. The number of hydrogen-bond donors (Lipinski definition) is 1. The van der Waals surface area contributed by atoms with Crippen LogP contribution in [-0.2, 0) is 19.1 Å². The summed E-state index contributed by atoms with van der Waals surface area (Å²) in [7, 11) is 1.25. The van der Waals surface area contributed by atoms with Gasteiger partial charge in [-0.25, -0.2) is 14.6 Å². The molecule has 2 rings (SSSR count). The summed E-state index contributed by atoms with van der Waals surface area (Å²) in [6.45, 7) is 0. The standard InChI is InChI=1S/C12H12N2O4/c1-17-12(16)9-6-8(11(15)18-9)7-14-10-4-2-3-5-13-10/h2-5,7,9H,6H2,1H3,(H,13,14)/b8-7+. The normalized spacial score (nSPS) is 20.6. The van der Waals surface area contributed by atoms with Crippen molar-refractivity contribution < 1.29 is 19.1 Å². The van der Waals surface area contributed by atoms with E-state index in [0.29, 0.717) is 11.4 Å². The molecule has 1 fully saturated rings. The number of ether oxygens (including phenoxy) is 2. The number of rotatable bonds is 3. The summed E-state index contributed by atoms with van der Waals surface area (Å²) in [5, 5.41) is 2.87. The third-order valence-electron chi connectivity index (χ3n) is 2.44. The lowest BCUT2D eigenvalue weighted by Crippen LogP contribution is -2.21. The van der Waals surface area contributed by atoms with Gasteiger partial charge < -0.3 is 14.8 Å². The van der Waals surface area contributed by atoms with E-state index < -0.39 is 18.0 Å². The summed E-state index contributed by atoms with van der Waals surface area (Å²) < 4.78 is 9.39. The molecule has 1 N–H and O–H groups in total. The van der Waals surface area contributed by atoms with Crippen molar-refractivity contribution in [2.45, 2.75) is 12.5 Å². The molecule has 6 heteroatoms. The van der Waals surface area contributed by atoms with Gasteiger partial charge in [0, 0.05) is 18.8 Å². The lowest BCUT2D eigenvalue weighted by atomic mass is 10.2. The van der Waals surface area contributed by atoms with Crippen LogP contribution < -0.4 is 5.32 Å². The lowest BCUT2D eigenvalue weighted by molar-refractivity contribution is -0.158. The Kier molecular flexibility index (Phi) is 3.57. The first-order valence-corrected chi connectivity index (χ1v) is 5.36. The number of anilines is 1. The number of methoxy groups -OCH3 is 1. The molecule has 1 aliphatic rings. The monoisotopic (exact) mass is 248 g/mol. The van der Waals surface area contributed by atoms with Crippen molar-refractivity contribution >= 4 is 17.8 Å². The van der Waals surface area contributed by atoms with Crippen LogP contribution in [0.25, 0.3) is 0 Å². The largest absolute Gasteiger partial charge is 0.466 e. The van der Waals surface area contributed by atoms with Crippen molar-refractivity contribution in [3.8, 4) is 0 Å². The number of cyclic esters (lactones) is 1. The maximum absolute atomic E-state index is 11.5. The minimum Gasteiger partial charge on any atom is -0.466 e. The van der Waals surface area contributed by atoms with E-state index in [1.54, 1.807) is 18.3 Å². The molecular weight excluding hydrogens is 236 g/mol. The fraction of sp³-hybridized carbons (Fsp3) is 0.250. The summed E-state index contributed by atoms with van der Waals surface area (Å²) >= 11 is 0. The lowest BCUT2D eigenvalue weighted by Gasteiger charge is -2.03. The van der Waals surface area contributed by atoms with Crippen molar-refractivity contribution in [3.05, 3.63) is 36.2 Å². The fourth-order valence-corrected chi connectivity index (χ4v) is 1.52. The average molecular weight is 248 g/mol. The first kappa shape index (κ1) is 12.1. The van der Waals surface area contributed by atoms with Gasteiger partial charge in [-0.3, -0.25) is 0 Å². The van der Waals surface area contributed by atoms with E-state index in [1.807, 2.05) is 6.07 Å². The highest BCUT2D eigenvalue weighted by molar-refractivity contribution is 5.95. The van der Waals surface area contributed by atoms with Gasteiger partial charge in [0.25, 0.3) is 0 Å². The second-order valence-corrected chi connectivity index (χ2v) is 3.65. The highest BCUT2D eigenvalue weighted by Crippen LogP contribution is 2.21. The minimum absolute atomic E-state index is 0.200. The number of carbonyl (C=O) groups is 2. The summed E-state index contributed by atoms with van der Waals surface area (Å²) in [5.74, 6) is -0.460. The van der Waals surface area contributed by atoms with Crippen LogP contribution >= 0.6 is 0 Å². The van der Waals surface area contributed by atoms with Gasteiger partial charge in [-0.2, -0.15) is 0 Å². The number of carbonyl (C=O) groups excluding carboxylic acids is 2. The van der Waals surface area contributed by atoms with Gasteiger partial charge in [0.15, 0.2) is 0 Å². The van der Waals surface area contributed by atoms with E-state index in [9.17, 15) is 9.59 Å². The van der Waals surface area contributed by atoms with E-state index in [-0.39, 0.29) is 6.42 Å². The summed E-state index contributed by atoms with van der Waals surface area (Å²) in [5.41, 5.74) is 0.385. The molecule has 0 spiro atoms. The molecule has 1 unspecified atom stereocenters. The molecule has 0 radical (unpaired) electrons. The molecular formula is C12H12N2O4. The molecule has 0 amide bonds. The number of aromatic nitrogens is 1. The zero-order valence-electron chi connectivity index (χ0n) is 9.75. The van der Waals surface area contributed by atoms with E-state index in [1.165, 1.54) is 13.3 Å². The molecule has 94 valence electrons. The predicted molar refractivity (Wildman–Crippen MR) is 62.5 cm³/mol. The summed E-state index contributed by atoms with van der Waals surface area (Å²) in [6.07, 6.45) is 2.48. The van der Waals surface area contributed by atoms with Gasteiger partial charge in [-0.05, 0) is 12.1 Å². The van der Waals surface area contributed by atoms with E-state index in [4.69, 9.17) is 4.74 Å². The molecule has 0 aliphatic carbocycles. The van der Waals surface area contributed by atoms with E-state index in [0.717, 1.165) is 0 Å². The molecule has 1 atom stereocenters. The number of nitrogens with zero attached hydrogens (tertiary/aromatic N) is 1. The van der Waals surface area contributed by atoms with Crippen LogP contribution in [0.2, 0.25) is 0 Å². The Bertz CT molecular complexity index is 484. The third kappa shape index (κ3) is 2.65. The quantitative estimate of drug-likeness (QED) is 0.631. The second kappa shape index (κ2) is 5.31. The Morgan fingerprint density at radius 3 is 3.11 bits per heavy atom. The van der Waals surface area contributed by atoms with Crippen LogP contribution in [0.1, 0.15) is 6.42 Å². The van der Waals surface area contributed by atoms with Crippen molar-refractivity contribution in [1.29, 1.82) is 0 Å². The van der Waals surface area contributed by atoms with Crippen molar-refractivity contribution in [1.82, 2.24) is 4.98 Å². The maximum Gasteiger partial charge on any atom is 0.347 e. The Balaban J connectivity index is 2.02. The predicted octanol–water partition coefficient (Wildman–Crippen LogP) is 0.866. The Morgan fingerprint density at radius 2 is 2.44 bits per heavy atom. The topological polar surface area (TPSA) is 77.5 Å². The first-order valence-electron chi connectivity index (χ1n) is 5.36. The van der Waals surface area contributed by atoms with E-state index >= 15 is 0 Å². The Labute approximate surface area is 104 Å². The molecule has 0 saturated carbocycles. The maximum atomic E-state index is 11.5. The van der Waals surface area contributed by atoms with Crippen molar-refractivity contribution in [2.24, 2.45) is 0 Å². The zero-order valence-corrected chi connectivity index (χ0v) is 9.75. The molecule has 18 heavy (non-hydrogen) atoms. The number of hydrogen-bond acceptors (Lipinski definition) is 6. The molecule has 1 aliphatic heterocycles. The Hall–Kier alpha value is -2.37. The van der Waals surface area contributed by atoms with Crippen LogP contribution in [0.15, 0.2) is 36.2 Å². The van der Waals surface area contributed by atoms with E-state index in [2.05, 4.69) is 15.0 Å². The van der Waals surface area contributed by atoms with Gasteiger partial charge in [0.2, 0.25) is 6.10 Å². The van der Waals surface area contributed by atoms with Crippen LogP contribution in [-0.4, -0.2) is 30.1 Å². The molecule has 2 heterocycles. The smallest absolute Gasteiger partial charge is 0.347 e. The zero-order chi connectivity index (χ0) is 13.0. The van der Waals surface area contributed by atoms with Crippen molar-refractivity contribution in [3.63, 3.8) is 0 Å². The summed E-state index contributed by atoms with van der Waals surface area (Å²) in [6, 6.07) is 5.36. The SMILES string of the molecule is COC(=O)C1C/C(=C\Nc2ccccn2)C(=O)O1. The number of esters is 2. The minimum atomic E-state index is -0.848. The Morgan fingerprint density at radius 1 is 1.61 bits per heavy atom. The van der Waals surface area contributed by atoms with Crippen LogP contribution in [0.4, 0.5) is 5.82 Å². The van der Waals surface area contributed by atoms with Gasteiger partial charge >= 0.3 is 11.9 Å². The highest BCUT2D eigenvalue weighted by Gasteiger charge is 2.34. The highest BCUT2D eigenvalue weighted by atomic mass is 16.6. The number of pyridine rings is 1. The average Bonchev–Trinajstić information content (AvgIpc) is 2.78. The molecule has 0 bridgehead atoms. The molecule has 1 saturated heterocycles. The van der Waals surface area contributed by atoms with Gasteiger partial charge in [0.1, 0.15) is 5.82 Å². The number of nitrogens with one attached hydrogen (secondary N) is 1. The van der Waals surface area contributed by atoms with Crippen LogP contribution in [0.5, 0.6) is 0 Å². The molecule has 1 aromatic heterocycles. The first-order chi connectivity index (χ1) is 8.70. The van der Waals surface area contributed by atoms with Crippen molar-refractivity contribution in [2.75, 3.05) is 12.4 Å². The fourth-order valence-electron chi connectivity index (χ4n) is 1.52. The van der Waals surface area contributed by atoms with Gasteiger partial charge in [0.05, 0.1) is 12.7 Å².